The van der Waals surface area contributed by atoms with Crippen LogP contribution in [0.5, 0.6) is 0 Å². The molecule has 0 atom stereocenters. The van der Waals surface area contributed by atoms with E-state index in [1.54, 1.807) is 0 Å². The lowest BCUT2D eigenvalue weighted by Gasteiger charge is -2.36. The lowest BCUT2D eigenvalue weighted by atomic mass is 9.87. The number of rotatable bonds is 10. The van der Waals surface area contributed by atoms with E-state index in [1.165, 1.54) is 5.56 Å². The quantitative estimate of drug-likeness (QED) is 0.629. The molecule has 3 rings (SSSR count). The summed E-state index contributed by atoms with van der Waals surface area (Å²) in [5, 5.41) is 6.43. The van der Waals surface area contributed by atoms with Crippen molar-refractivity contribution in [2.24, 2.45) is 0 Å². The normalized spacial score (nSPS) is 18.5. The average Bonchev–Trinajstić information content (AvgIpc) is 2.68. The third-order valence-corrected chi connectivity index (χ3v) is 4.68. The van der Waals surface area contributed by atoms with Crippen LogP contribution in [-0.2, 0) is 22.7 Å². The van der Waals surface area contributed by atoms with Gasteiger partial charge in [0.25, 0.3) is 0 Å². The highest BCUT2D eigenvalue weighted by molar-refractivity contribution is 5.67. The molecule has 1 aliphatic rings. The van der Waals surface area contributed by atoms with Crippen LogP contribution in [0.1, 0.15) is 30.4 Å². The fourth-order valence-corrected chi connectivity index (χ4v) is 3.08. The number of amides is 1. The Bertz CT molecular complexity index is 672. The zero-order valence-electron chi connectivity index (χ0n) is 15.6. The van der Waals surface area contributed by atoms with Crippen molar-refractivity contribution in [2.45, 2.75) is 44.6 Å². The summed E-state index contributed by atoms with van der Waals surface area (Å²) < 4.78 is 10.9. The van der Waals surface area contributed by atoms with Crippen LogP contribution in [0, 0.1) is 0 Å². The molecule has 0 bridgehead atoms. The van der Waals surface area contributed by atoms with Gasteiger partial charge in [-0.2, -0.15) is 0 Å². The van der Waals surface area contributed by atoms with Crippen LogP contribution in [-0.4, -0.2) is 31.3 Å². The molecule has 1 amide bonds. The van der Waals surface area contributed by atoms with Crippen molar-refractivity contribution in [3.63, 3.8) is 0 Å². The van der Waals surface area contributed by atoms with E-state index < -0.39 is 0 Å². The van der Waals surface area contributed by atoms with Crippen molar-refractivity contribution < 1.29 is 14.3 Å². The Balaban J connectivity index is 1.17. The molecule has 5 nitrogen and oxygen atoms in total. The second-order valence-corrected chi connectivity index (χ2v) is 6.92. The van der Waals surface area contributed by atoms with E-state index in [2.05, 4.69) is 22.8 Å². The van der Waals surface area contributed by atoms with Crippen LogP contribution in [0.3, 0.4) is 0 Å². The number of carbonyl (C=O) groups excluding carboxylic acids is 1. The second-order valence-electron chi connectivity index (χ2n) is 6.92. The Morgan fingerprint density at radius 2 is 1.52 bits per heavy atom. The molecule has 0 aliphatic heterocycles. The van der Waals surface area contributed by atoms with Crippen LogP contribution in [0.2, 0.25) is 0 Å². The molecule has 0 spiro atoms. The van der Waals surface area contributed by atoms with Crippen molar-refractivity contribution in [1.82, 2.24) is 10.6 Å². The number of alkyl carbamates (subject to hydrolysis) is 1. The minimum absolute atomic E-state index is 0.208. The van der Waals surface area contributed by atoms with E-state index in [0.29, 0.717) is 19.3 Å². The maximum Gasteiger partial charge on any atom is 0.407 e. The van der Waals surface area contributed by atoms with E-state index in [4.69, 9.17) is 9.47 Å². The van der Waals surface area contributed by atoms with Crippen molar-refractivity contribution in [3.05, 3.63) is 71.8 Å². The lowest BCUT2D eigenvalue weighted by Crippen LogP contribution is -2.52. The monoisotopic (exact) mass is 368 g/mol. The first-order valence-electron chi connectivity index (χ1n) is 9.62. The summed E-state index contributed by atoms with van der Waals surface area (Å²) in [4.78, 5) is 11.8. The molecule has 0 radical (unpaired) electrons. The first-order valence-corrected chi connectivity index (χ1v) is 9.62. The Hall–Kier alpha value is -2.37. The van der Waals surface area contributed by atoms with E-state index >= 15 is 0 Å². The smallest absolute Gasteiger partial charge is 0.407 e. The standard InChI is InChI=1S/C22H28N2O3/c25-22(27-17-19-10-5-2-6-11-19)24-21-14-20(15-21)23-12-7-13-26-16-18-8-3-1-4-9-18/h1-6,8-11,20-21,23H,7,12-17H2,(H,24,25). The Kier molecular flexibility index (Phi) is 7.69. The van der Waals surface area contributed by atoms with Crippen LogP contribution >= 0.6 is 0 Å². The molecule has 27 heavy (non-hydrogen) atoms. The van der Waals surface area contributed by atoms with Gasteiger partial charge >= 0.3 is 6.09 Å². The van der Waals surface area contributed by atoms with Crippen molar-refractivity contribution in [1.29, 1.82) is 0 Å². The molecular formula is C22H28N2O3. The predicted molar refractivity (Wildman–Crippen MR) is 105 cm³/mol. The third kappa shape index (κ3) is 7.04. The molecule has 5 heteroatoms. The molecule has 144 valence electrons. The van der Waals surface area contributed by atoms with Crippen LogP contribution in [0.15, 0.2) is 60.7 Å². The van der Waals surface area contributed by atoms with E-state index in [9.17, 15) is 4.79 Å². The van der Waals surface area contributed by atoms with Gasteiger partial charge in [0.1, 0.15) is 6.61 Å². The zero-order valence-corrected chi connectivity index (χ0v) is 15.6. The van der Waals surface area contributed by atoms with Crippen molar-refractivity contribution >= 4 is 6.09 Å². The minimum atomic E-state index is -0.336. The number of nitrogens with one attached hydrogen (secondary N) is 2. The van der Waals surface area contributed by atoms with Gasteiger partial charge in [0, 0.05) is 18.7 Å². The number of hydrogen-bond acceptors (Lipinski definition) is 4. The van der Waals surface area contributed by atoms with E-state index in [1.807, 2.05) is 48.5 Å². The molecule has 2 aromatic carbocycles. The molecular weight excluding hydrogens is 340 g/mol. The molecule has 0 saturated heterocycles. The maximum atomic E-state index is 11.8. The Labute approximate surface area is 161 Å². The average molecular weight is 368 g/mol. The highest BCUT2D eigenvalue weighted by atomic mass is 16.5. The van der Waals surface area contributed by atoms with Crippen LogP contribution in [0.4, 0.5) is 4.79 Å². The molecule has 1 saturated carbocycles. The predicted octanol–water partition coefficient (Wildman–Crippen LogP) is 3.64. The highest BCUT2D eigenvalue weighted by Gasteiger charge is 2.30. The summed E-state index contributed by atoms with van der Waals surface area (Å²) in [6.07, 6.45) is 2.55. The summed E-state index contributed by atoms with van der Waals surface area (Å²) in [6, 6.07) is 20.6. The van der Waals surface area contributed by atoms with Gasteiger partial charge in [0.15, 0.2) is 0 Å². The topological polar surface area (TPSA) is 59.6 Å². The van der Waals surface area contributed by atoms with Gasteiger partial charge < -0.3 is 20.1 Å². The first kappa shape index (κ1) is 19.4. The van der Waals surface area contributed by atoms with Gasteiger partial charge in [-0.1, -0.05) is 60.7 Å². The van der Waals surface area contributed by atoms with Crippen molar-refractivity contribution in [2.75, 3.05) is 13.2 Å². The summed E-state index contributed by atoms with van der Waals surface area (Å²) >= 11 is 0. The third-order valence-electron chi connectivity index (χ3n) is 4.68. The molecule has 0 unspecified atom stereocenters. The first-order chi connectivity index (χ1) is 13.3. The molecule has 1 fully saturated rings. The van der Waals surface area contributed by atoms with Gasteiger partial charge in [-0.15, -0.1) is 0 Å². The van der Waals surface area contributed by atoms with Gasteiger partial charge in [0.2, 0.25) is 0 Å². The summed E-state index contributed by atoms with van der Waals surface area (Å²) in [5.74, 6) is 0. The van der Waals surface area contributed by atoms with Gasteiger partial charge in [-0.3, -0.25) is 0 Å². The van der Waals surface area contributed by atoms with E-state index in [0.717, 1.165) is 38.0 Å². The lowest BCUT2D eigenvalue weighted by molar-refractivity contribution is 0.114. The van der Waals surface area contributed by atoms with Crippen LogP contribution < -0.4 is 10.6 Å². The zero-order chi connectivity index (χ0) is 18.7. The summed E-state index contributed by atoms with van der Waals surface area (Å²) in [5.41, 5.74) is 2.20. The molecule has 0 heterocycles. The Morgan fingerprint density at radius 1 is 0.889 bits per heavy atom. The second kappa shape index (κ2) is 10.7. The minimum Gasteiger partial charge on any atom is -0.445 e. The molecule has 1 aliphatic carbocycles. The summed E-state index contributed by atoms with van der Waals surface area (Å²) in [6.45, 7) is 2.66. The Morgan fingerprint density at radius 3 is 2.19 bits per heavy atom. The van der Waals surface area contributed by atoms with Gasteiger partial charge in [0.05, 0.1) is 6.61 Å². The van der Waals surface area contributed by atoms with Crippen molar-refractivity contribution in [3.8, 4) is 0 Å². The highest BCUT2D eigenvalue weighted by Crippen LogP contribution is 2.20. The number of hydrogen-bond donors (Lipinski definition) is 2. The van der Waals surface area contributed by atoms with Gasteiger partial charge in [-0.25, -0.2) is 4.79 Å². The largest absolute Gasteiger partial charge is 0.445 e. The molecule has 2 N–H and O–H groups in total. The number of carbonyl (C=O) groups is 1. The van der Waals surface area contributed by atoms with Gasteiger partial charge in [-0.05, 0) is 36.9 Å². The molecule has 2 aromatic rings. The molecule has 0 aromatic heterocycles. The maximum absolute atomic E-state index is 11.8. The number of ether oxygens (including phenoxy) is 2. The fourth-order valence-electron chi connectivity index (χ4n) is 3.08. The van der Waals surface area contributed by atoms with Crippen LogP contribution in [0.25, 0.3) is 0 Å². The fraction of sp³-hybridized carbons (Fsp3) is 0.409. The van der Waals surface area contributed by atoms with E-state index in [-0.39, 0.29) is 12.1 Å². The number of benzene rings is 2. The summed E-state index contributed by atoms with van der Waals surface area (Å²) in [7, 11) is 0. The SMILES string of the molecule is O=C(NC1CC(NCCCOCc2ccccc2)C1)OCc1ccccc1.